The van der Waals surface area contributed by atoms with Crippen LogP contribution in [0.25, 0.3) is 0 Å². The molecule has 1 atom stereocenters. The summed E-state index contributed by atoms with van der Waals surface area (Å²) in [6.07, 6.45) is 6.49. The van der Waals surface area contributed by atoms with Crippen molar-refractivity contribution >= 4 is 11.6 Å². The monoisotopic (exact) mass is 396 g/mol. The van der Waals surface area contributed by atoms with Crippen molar-refractivity contribution in [2.75, 3.05) is 24.5 Å². The predicted octanol–water partition coefficient (Wildman–Crippen LogP) is 3.96. The second-order valence-electron chi connectivity index (χ2n) is 8.24. The van der Waals surface area contributed by atoms with Crippen LogP contribution in [-0.4, -0.2) is 35.1 Å². The van der Waals surface area contributed by atoms with Gasteiger partial charge in [-0.1, -0.05) is 26.0 Å². The topological polar surface area (TPSA) is 57.5 Å². The van der Waals surface area contributed by atoms with E-state index in [9.17, 15) is 0 Å². The molecule has 3 rings (SSSR count). The summed E-state index contributed by atoms with van der Waals surface area (Å²) in [5.74, 6) is 2.41. The maximum atomic E-state index is 4.79. The number of guanidine groups is 1. The molecule has 1 unspecified atom stereocenters. The molecule has 6 nitrogen and oxygen atoms in total. The second-order valence-corrected chi connectivity index (χ2v) is 8.24. The summed E-state index contributed by atoms with van der Waals surface area (Å²) in [5.41, 5.74) is 2.60. The molecule has 0 aliphatic carbocycles. The number of anilines is 1. The van der Waals surface area contributed by atoms with Gasteiger partial charge in [0, 0.05) is 44.3 Å². The number of nitrogens with one attached hydrogen (secondary N) is 2. The van der Waals surface area contributed by atoms with Crippen LogP contribution in [0.4, 0.5) is 5.69 Å². The lowest BCUT2D eigenvalue weighted by Gasteiger charge is -2.22. The van der Waals surface area contributed by atoms with Crippen molar-refractivity contribution in [3.63, 3.8) is 0 Å². The molecule has 0 spiro atoms. The van der Waals surface area contributed by atoms with Gasteiger partial charge in [-0.25, -0.2) is 9.98 Å². The van der Waals surface area contributed by atoms with Crippen LogP contribution in [0.2, 0.25) is 0 Å². The number of nitrogens with zero attached hydrogens (tertiary/aromatic N) is 4. The first kappa shape index (κ1) is 21.2. The number of hydrogen-bond acceptors (Lipinski definition) is 3. The summed E-state index contributed by atoms with van der Waals surface area (Å²) in [7, 11) is 0. The predicted molar refractivity (Wildman–Crippen MR) is 121 cm³/mol. The highest BCUT2D eigenvalue weighted by Crippen LogP contribution is 2.24. The number of aliphatic imine (C=N–C) groups is 1. The van der Waals surface area contributed by atoms with Gasteiger partial charge in [-0.15, -0.1) is 0 Å². The lowest BCUT2D eigenvalue weighted by atomic mass is 10.1. The molecule has 29 heavy (non-hydrogen) atoms. The van der Waals surface area contributed by atoms with E-state index in [2.05, 4.69) is 77.0 Å². The minimum atomic E-state index is 0.172. The molecule has 158 valence electrons. The van der Waals surface area contributed by atoms with Crippen molar-refractivity contribution in [3.8, 4) is 0 Å². The largest absolute Gasteiger partial charge is 0.372 e. The number of benzene rings is 1. The average molecular weight is 397 g/mol. The molecule has 1 fully saturated rings. The molecule has 0 saturated carbocycles. The Hall–Kier alpha value is -2.50. The van der Waals surface area contributed by atoms with Crippen LogP contribution in [0, 0.1) is 5.92 Å². The van der Waals surface area contributed by atoms with E-state index in [1.54, 1.807) is 0 Å². The van der Waals surface area contributed by atoms with E-state index in [-0.39, 0.29) is 6.04 Å². The first-order valence-corrected chi connectivity index (χ1v) is 11.0. The molecule has 2 N–H and O–H groups in total. The Balaban J connectivity index is 1.67. The molecule has 1 aromatic heterocycles. The maximum absolute atomic E-state index is 4.79. The summed E-state index contributed by atoms with van der Waals surface area (Å²) in [6.45, 7) is 13.4. The first-order chi connectivity index (χ1) is 14.1. The molecule has 1 aromatic carbocycles. The minimum absolute atomic E-state index is 0.172. The van der Waals surface area contributed by atoms with Crippen LogP contribution in [0.3, 0.4) is 0 Å². The van der Waals surface area contributed by atoms with Gasteiger partial charge in [0.05, 0.1) is 6.04 Å². The highest BCUT2D eigenvalue weighted by molar-refractivity contribution is 5.80. The van der Waals surface area contributed by atoms with E-state index in [0.717, 1.165) is 24.9 Å². The van der Waals surface area contributed by atoms with Gasteiger partial charge in [0.2, 0.25) is 0 Å². The summed E-state index contributed by atoms with van der Waals surface area (Å²) < 4.78 is 2.20. The smallest absolute Gasteiger partial charge is 0.192 e. The van der Waals surface area contributed by atoms with Gasteiger partial charge in [-0.3, -0.25) is 0 Å². The molecule has 1 saturated heterocycles. The minimum Gasteiger partial charge on any atom is -0.372 e. The highest BCUT2D eigenvalue weighted by atomic mass is 15.2. The second kappa shape index (κ2) is 10.3. The van der Waals surface area contributed by atoms with E-state index in [1.165, 1.54) is 37.2 Å². The lowest BCUT2D eigenvalue weighted by Crippen LogP contribution is -2.38. The molecular weight excluding hydrogens is 360 g/mol. The summed E-state index contributed by atoms with van der Waals surface area (Å²) >= 11 is 0. The summed E-state index contributed by atoms with van der Waals surface area (Å²) in [6, 6.07) is 9.05. The average Bonchev–Trinajstić information content (AvgIpc) is 3.38. The van der Waals surface area contributed by atoms with Crippen molar-refractivity contribution in [1.82, 2.24) is 20.2 Å². The van der Waals surface area contributed by atoms with E-state index < -0.39 is 0 Å². The van der Waals surface area contributed by atoms with Gasteiger partial charge >= 0.3 is 0 Å². The lowest BCUT2D eigenvalue weighted by molar-refractivity contribution is 0.507. The van der Waals surface area contributed by atoms with Crippen LogP contribution in [0.5, 0.6) is 0 Å². The third-order valence-electron chi connectivity index (χ3n) is 5.28. The zero-order valence-corrected chi connectivity index (χ0v) is 18.4. The van der Waals surface area contributed by atoms with Gasteiger partial charge in [-0.2, -0.15) is 0 Å². The van der Waals surface area contributed by atoms with Crippen LogP contribution in [-0.2, 0) is 13.1 Å². The Morgan fingerprint density at radius 2 is 2.00 bits per heavy atom. The van der Waals surface area contributed by atoms with Crippen molar-refractivity contribution in [2.24, 2.45) is 10.9 Å². The molecule has 2 heterocycles. The fraction of sp³-hybridized carbons (Fsp3) is 0.565. The van der Waals surface area contributed by atoms with Crippen LogP contribution < -0.4 is 15.5 Å². The molecule has 1 aliphatic heterocycles. The summed E-state index contributed by atoms with van der Waals surface area (Å²) in [4.78, 5) is 11.8. The van der Waals surface area contributed by atoms with E-state index in [0.29, 0.717) is 12.5 Å². The molecule has 2 aromatic rings. The summed E-state index contributed by atoms with van der Waals surface area (Å²) in [5, 5.41) is 6.93. The fourth-order valence-corrected chi connectivity index (χ4v) is 3.78. The van der Waals surface area contributed by atoms with E-state index >= 15 is 0 Å². The van der Waals surface area contributed by atoms with Gasteiger partial charge in [0.1, 0.15) is 12.4 Å². The van der Waals surface area contributed by atoms with Gasteiger partial charge in [0.25, 0.3) is 0 Å². The molecule has 1 aliphatic rings. The number of imidazole rings is 1. The Bertz CT molecular complexity index is 788. The number of rotatable bonds is 8. The Labute approximate surface area is 175 Å². The van der Waals surface area contributed by atoms with E-state index in [4.69, 9.17) is 4.99 Å². The molecule has 6 heteroatoms. The van der Waals surface area contributed by atoms with Crippen molar-refractivity contribution in [2.45, 2.75) is 59.7 Å². The first-order valence-electron chi connectivity index (χ1n) is 11.0. The Morgan fingerprint density at radius 1 is 1.21 bits per heavy atom. The molecule has 0 radical (unpaired) electrons. The fourth-order valence-electron chi connectivity index (χ4n) is 3.78. The quantitative estimate of drug-likeness (QED) is 0.524. The maximum Gasteiger partial charge on any atom is 0.192 e. The van der Waals surface area contributed by atoms with Crippen LogP contribution in [0.1, 0.15) is 58.0 Å². The third-order valence-corrected chi connectivity index (χ3v) is 5.28. The van der Waals surface area contributed by atoms with Crippen LogP contribution in [0.15, 0.2) is 41.7 Å². The Morgan fingerprint density at radius 3 is 2.72 bits per heavy atom. The molecule has 0 amide bonds. The van der Waals surface area contributed by atoms with Crippen molar-refractivity contribution in [1.29, 1.82) is 0 Å². The number of aromatic nitrogens is 2. The number of hydrogen-bond donors (Lipinski definition) is 2. The van der Waals surface area contributed by atoms with Crippen molar-refractivity contribution in [3.05, 3.63) is 48.0 Å². The highest BCUT2D eigenvalue weighted by Gasteiger charge is 2.14. The van der Waals surface area contributed by atoms with Crippen molar-refractivity contribution < 1.29 is 0 Å². The van der Waals surface area contributed by atoms with Crippen LogP contribution >= 0.6 is 0 Å². The zero-order valence-electron chi connectivity index (χ0n) is 18.4. The normalized spacial score (nSPS) is 15.8. The molecular formula is C23H36N6. The van der Waals surface area contributed by atoms with E-state index in [1.807, 2.05) is 12.4 Å². The van der Waals surface area contributed by atoms with Gasteiger partial charge in [-0.05, 0) is 50.3 Å². The molecule has 0 bridgehead atoms. The SMILES string of the molecule is CCNC(=NCc1nccn1CC(C)C)NC(C)c1cccc(N2CCCC2)c1. The standard InChI is InChI=1S/C23H36N6/c1-5-24-23(26-16-22-25-11-14-29(22)17-18(2)3)27-19(4)20-9-8-10-21(15-20)28-12-6-7-13-28/h8-11,14-15,18-19H,5-7,12-13,16-17H2,1-4H3,(H2,24,26,27). The third kappa shape index (κ3) is 5.99. The zero-order chi connectivity index (χ0) is 20.6. The Kier molecular flexibility index (Phi) is 7.55. The van der Waals surface area contributed by atoms with Gasteiger partial charge < -0.3 is 20.1 Å². The van der Waals surface area contributed by atoms with Gasteiger partial charge in [0.15, 0.2) is 5.96 Å².